The van der Waals surface area contributed by atoms with E-state index in [1.54, 1.807) is 6.92 Å². The Morgan fingerprint density at radius 3 is 2.92 bits per heavy atom. The first-order chi connectivity index (χ1) is 6.20. The number of hydrogen-bond donors (Lipinski definition) is 1. The van der Waals surface area contributed by atoms with Crippen LogP contribution in [0.1, 0.15) is 26.7 Å². The van der Waals surface area contributed by atoms with Crippen molar-refractivity contribution >= 4 is 5.97 Å². The molecule has 1 unspecified atom stereocenters. The average Bonchev–Trinajstić information content (AvgIpc) is 2.05. The Balaban J connectivity index is 3.34. The normalized spacial score (nSPS) is 11.8. The molecule has 0 fully saturated rings. The first kappa shape index (κ1) is 12.0. The summed E-state index contributed by atoms with van der Waals surface area (Å²) in [6, 6.07) is 0.263. The maximum Gasteiger partial charge on any atom is 0.307 e. The van der Waals surface area contributed by atoms with Crippen molar-refractivity contribution in [3.63, 3.8) is 0 Å². The molecule has 0 aliphatic carbocycles. The van der Waals surface area contributed by atoms with E-state index < -0.39 is 0 Å². The van der Waals surface area contributed by atoms with E-state index in [0.717, 1.165) is 0 Å². The number of nitrogens with one attached hydrogen (secondary N) is 1. The standard InChI is InChI=1S/C10H17NO2/c1-4-6-9(3)11-8-7-10(12)13-5-2/h1,9,11H,5-8H2,2-3H3. The van der Waals surface area contributed by atoms with E-state index in [-0.39, 0.29) is 12.0 Å². The van der Waals surface area contributed by atoms with Gasteiger partial charge in [-0.25, -0.2) is 0 Å². The maximum absolute atomic E-state index is 10.9. The number of ether oxygens (including phenoxy) is 1. The zero-order valence-electron chi connectivity index (χ0n) is 8.30. The SMILES string of the molecule is C#CCC(C)NCCC(=O)OCC. The molecule has 0 aromatic heterocycles. The topological polar surface area (TPSA) is 38.3 Å². The first-order valence-corrected chi connectivity index (χ1v) is 4.53. The van der Waals surface area contributed by atoms with Crippen molar-refractivity contribution in [2.24, 2.45) is 0 Å². The molecule has 0 amide bonds. The Morgan fingerprint density at radius 2 is 2.38 bits per heavy atom. The molecule has 1 N–H and O–H groups in total. The van der Waals surface area contributed by atoms with Gasteiger partial charge in [-0.3, -0.25) is 4.79 Å². The molecule has 0 rings (SSSR count). The highest BCUT2D eigenvalue weighted by atomic mass is 16.5. The smallest absolute Gasteiger partial charge is 0.307 e. The predicted molar refractivity (Wildman–Crippen MR) is 52.2 cm³/mol. The van der Waals surface area contributed by atoms with Crippen LogP contribution in [-0.4, -0.2) is 25.2 Å². The van der Waals surface area contributed by atoms with Gasteiger partial charge in [0.2, 0.25) is 0 Å². The molecule has 13 heavy (non-hydrogen) atoms. The molecule has 3 nitrogen and oxygen atoms in total. The molecule has 0 saturated carbocycles. The van der Waals surface area contributed by atoms with Gasteiger partial charge >= 0.3 is 5.97 Å². The fourth-order valence-corrected chi connectivity index (χ4v) is 0.903. The Morgan fingerprint density at radius 1 is 1.69 bits per heavy atom. The van der Waals surface area contributed by atoms with Crippen LogP contribution in [0.4, 0.5) is 0 Å². The summed E-state index contributed by atoms with van der Waals surface area (Å²) in [6.07, 6.45) is 6.22. The first-order valence-electron chi connectivity index (χ1n) is 4.53. The van der Waals surface area contributed by atoms with Crippen LogP contribution in [-0.2, 0) is 9.53 Å². The molecular weight excluding hydrogens is 166 g/mol. The third-order valence-electron chi connectivity index (χ3n) is 1.55. The van der Waals surface area contributed by atoms with Crippen molar-refractivity contribution in [2.75, 3.05) is 13.2 Å². The van der Waals surface area contributed by atoms with Gasteiger partial charge < -0.3 is 10.1 Å². The second kappa shape index (κ2) is 7.63. The highest BCUT2D eigenvalue weighted by molar-refractivity contribution is 5.69. The number of carbonyl (C=O) groups is 1. The van der Waals surface area contributed by atoms with Crippen molar-refractivity contribution in [1.29, 1.82) is 0 Å². The van der Waals surface area contributed by atoms with Gasteiger partial charge in [-0.1, -0.05) is 0 Å². The van der Waals surface area contributed by atoms with Crippen LogP contribution < -0.4 is 5.32 Å². The molecular formula is C10H17NO2. The lowest BCUT2D eigenvalue weighted by atomic mass is 10.2. The minimum absolute atomic E-state index is 0.164. The van der Waals surface area contributed by atoms with Crippen LogP contribution in [0, 0.1) is 12.3 Å². The van der Waals surface area contributed by atoms with Crippen molar-refractivity contribution < 1.29 is 9.53 Å². The maximum atomic E-state index is 10.9. The van der Waals surface area contributed by atoms with Crippen molar-refractivity contribution in [3.05, 3.63) is 0 Å². The number of rotatable bonds is 6. The molecule has 0 saturated heterocycles. The molecule has 0 spiro atoms. The van der Waals surface area contributed by atoms with Gasteiger partial charge in [0.15, 0.2) is 0 Å². The van der Waals surface area contributed by atoms with Crippen LogP contribution >= 0.6 is 0 Å². The second-order valence-corrected chi connectivity index (χ2v) is 2.82. The summed E-state index contributed by atoms with van der Waals surface area (Å²) in [4.78, 5) is 10.9. The van der Waals surface area contributed by atoms with Gasteiger partial charge in [0.1, 0.15) is 0 Å². The quantitative estimate of drug-likeness (QED) is 0.492. The van der Waals surface area contributed by atoms with E-state index in [1.807, 2.05) is 6.92 Å². The van der Waals surface area contributed by atoms with E-state index in [4.69, 9.17) is 11.2 Å². The molecule has 0 radical (unpaired) electrons. The summed E-state index contributed by atoms with van der Waals surface area (Å²) in [6.45, 7) is 4.86. The van der Waals surface area contributed by atoms with Gasteiger partial charge in [-0.15, -0.1) is 12.3 Å². The summed E-state index contributed by atoms with van der Waals surface area (Å²) in [5.74, 6) is 2.39. The molecule has 0 aromatic rings. The lowest BCUT2D eigenvalue weighted by Crippen LogP contribution is -2.28. The molecule has 0 aliphatic rings. The number of carbonyl (C=O) groups excluding carboxylic acids is 1. The van der Waals surface area contributed by atoms with Crippen LogP contribution in [0.2, 0.25) is 0 Å². The lowest BCUT2D eigenvalue weighted by molar-refractivity contribution is -0.142. The molecule has 1 atom stereocenters. The van der Waals surface area contributed by atoms with Crippen LogP contribution in [0.15, 0.2) is 0 Å². The zero-order valence-corrected chi connectivity index (χ0v) is 8.30. The van der Waals surface area contributed by atoms with Gasteiger partial charge in [0, 0.05) is 19.0 Å². The lowest BCUT2D eigenvalue weighted by Gasteiger charge is -2.09. The Bertz CT molecular complexity index is 184. The predicted octanol–water partition coefficient (Wildman–Crippen LogP) is 0.941. The summed E-state index contributed by atoms with van der Waals surface area (Å²) < 4.78 is 4.76. The summed E-state index contributed by atoms with van der Waals surface area (Å²) in [5.41, 5.74) is 0. The molecule has 74 valence electrons. The Hall–Kier alpha value is -1.01. The third kappa shape index (κ3) is 7.35. The van der Waals surface area contributed by atoms with E-state index >= 15 is 0 Å². The van der Waals surface area contributed by atoms with Crippen molar-refractivity contribution in [3.8, 4) is 12.3 Å². The highest BCUT2D eigenvalue weighted by Gasteiger charge is 2.02. The van der Waals surface area contributed by atoms with Crippen LogP contribution in [0.5, 0.6) is 0 Å². The van der Waals surface area contributed by atoms with Gasteiger partial charge in [0.05, 0.1) is 13.0 Å². The second-order valence-electron chi connectivity index (χ2n) is 2.82. The number of hydrogen-bond acceptors (Lipinski definition) is 3. The molecule has 0 bridgehead atoms. The van der Waals surface area contributed by atoms with E-state index in [1.165, 1.54) is 0 Å². The zero-order chi connectivity index (χ0) is 10.1. The summed E-state index contributed by atoms with van der Waals surface area (Å²) in [7, 11) is 0. The summed E-state index contributed by atoms with van der Waals surface area (Å²) >= 11 is 0. The third-order valence-corrected chi connectivity index (χ3v) is 1.55. The van der Waals surface area contributed by atoms with E-state index in [0.29, 0.717) is 26.0 Å². The number of terminal acetylenes is 1. The fourth-order valence-electron chi connectivity index (χ4n) is 0.903. The molecule has 0 heterocycles. The monoisotopic (exact) mass is 183 g/mol. The molecule has 0 aromatic carbocycles. The fraction of sp³-hybridized carbons (Fsp3) is 0.700. The number of esters is 1. The largest absolute Gasteiger partial charge is 0.466 e. The Labute approximate surface area is 79.8 Å². The molecule has 0 aliphatic heterocycles. The minimum Gasteiger partial charge on any atom is -0.466 e. The Kier molecular flexibility index (Phi) is 7.04. The van der Waals surface area contributed by atoms with Gasteiger partial charge in [-0.05, 0) is 13.8 Å². The van der Waals surface area contributed by atoms with Crippen molar-refractivity contribution in [2.45, 2.75) is 32.7 Å². The van der Waals surface area contributed by atoms with E-state index in [2.05, 4.69) is 11.2 Å². The minimum atomic E-state index is -0.164. The van der Waals surface area contributed by atoms with Gasteiger partial charge in [0.25, 0.3) is 0 Å². The van der Waals surface area contributed by atoms with Gasteiger partial charge in [-0.2, -0.15) is 0 Å². The van der Waals surface area contributed by atoms with Crippen LogP contribution in [0.25, 0.3) is 0 Å². The van der Waals surface area contributed by atoms with Crippen LogP contribution in [0.3, 0.4) is 0 Å². The van der Waals surface area contributed by atoms with E-state index in [9.17, 15) is 4.79 Å². The van der Waals surface area contributed by atoms with Crippen molar-refractivity contribution in [1.82, 2.24) is 5.32 Å². The molecule has 3 heteroatoms. The summed E-state index contributed by atoms with van der Waals surface area (Å²) in [5, 5.41) is 3.13. The highest BCUT2D eigenvalue weighted by Crippen LogP contribution is 1.89. The average molecular weight is 183 g/mol.